The van der Waals surface area contributed by atoms with Crippen LogP contribution in [-0.2, 0) is 34.0 Å². The fraction of sp³-hybridized carbons (Fsp3) is 0.481. The van der Waals surface area contributed by atoms with Gasteiger partial charge < -0.3 is 9.64 Å². The third kappa shape index (κ3) is 7.82. The Labute approximate surface area is 240 Å². The molecule has 8 nitrogen and oxygen atoms in total. The molecule has 214 valence electrons. The predicted molar refractivity (Wildman–Crippen MR) is 152 cm³/mol. The van der Waals surface area contributed by atoms with Crippen molar-refractivity contribution in [2.75, 3.05) is 17.8 Å². The topological polar surface area (TPSA) is 115 Å². The molecule has 2 aromatic rings. The van der Waals surface area contributed by atoms with Crippen LogP contribution in [0.25, 0.3) is 0 Å². The number of rotatable bonds is 9. The van der Waals surface area contributed by atoms with E-state index in [-0.39, 0.29) is 5.75 Å². The first-order chi connectivity index (χ1) is 17.9. The van der Waals surface area contributed by atoms with Crippen molar-refractivity contribution >= 4 is 54.6 Å². The number of Topliss-reactive ketones (excluding diaryl/α,β-unsaturated/α-hetero) is 1. The first-order valence-corrected chi connectivity index (χ1v) is 16.8. The molecule has 2 aromatic carbocycles. The SMILES string of the molecule is C[C@@H](CS(=O)(=O)C(C)(C)C)N1C(=O)[C@@H](CC(=O)CS(C)(=O)=O)O[C@H](c2cccc(Cl)c2)[C@H]1c1ccc(Cl)cc1. The molecule has 1 heterocycles. The van der Waals surface area contributed by atoms with Crippen LogP contribution < -0.4 is 0 Å². The van der Waals surface area contributed by atoms with Crippen LogP contribution in [0.3, 0.4) is 0 Å². The van der Waals surface area contributed by atoms with E-state index in [0.29, 0.717) is 21.2 Å². The summed E-state index contributed by atoms with van der Waals surface area (Å²) >= 11 is 12.4. The van der Waals surface area contributed by atoms with Crippen LogP contribution in [0.2, 0.25) is 10.0 Å². The zero-order valence-electron chi connectivity index (χ0n) is 22.4. The monoisotopic (exact) mass is 617 g/mol. The van der Waals surface area contributed by atoms with Crippen molar-refractivity contribution in [3.05, 3.63) is 69.7 Å². The van der Waals surface area contributed by atoms with Gasteiger partial charge in [0.1, 0.15) is 18.0 Å². The van der Waals surface area contributed by atoms with Crippen LogP contribution in [0, 0.1) is 0 Å². The highest BCUT2D eigenvalue weighted by Gasteiger charge is 2.48. The molecule has 12 heteroatoms. The minimum Gasteiger partial charge on any atom is -0.357 e. The summed E-state index contributed by atoms with van der Waals surface area (Å²) in [5, 5.41) is 0.891. The maximum absolute atomic E-state index is 14.0. The lowest BCUT2D eigenvalue weighted by Crippen LogP contribution is -2.56. The van der Waals surface area contributed by atoms with E-state index in [0.717, 1.165) is 6.26 Å². The van der Waals surface area contributed by atoms with Crippen LogP contribution >= 0.6 is 23.2 Å². The molecule has 0 radical (unpaired) electrons. The highest BCUT2D eigenvalue weighted by molar-refractivity contribution is 7.92. The summed E-state index contributed by atoms with van der Waals surface area (Å²) in [6.45, 7) is 6.41. The van der Waals surface area contributed by atoms with E-state index in [1.165, 1.54) is 4.90 Å². The van der Waals surface area contributed by atoms with Gasteiger partial charge in [-0.05, 0) is 63.1 Å². The fourth-order valence-corrected chi connectivity index (χ4v) is 6.85. The van der Waals surface area contributed by atoms with E-state index in [1.54, 1.807) is 76.2 Å². The molecule has 0 unspecified atom stereocenters. The Morgan fingerprint density at radius 3 is 2.15 bits per heavy atom. The van der Waals surface area contributed by atoms with Gasteiger partial charge in [0.2, 0.25) is 0 Å². The van der Waals surface area contributed by atoms with Crippen molar-refractivity contribution < 1.29 is 31.2 Å². The van der Waals surface area contributed by atoms with E-state index >= 15 is 0 Å². The largest absolute Gasteiger partial charge is 0.357 e. The van der Waals surface area contributed by atoms with E-state index < -0.39 is 72.6 Å². The Bertz CT molecular complexity index is 1440. The number of carbonyl (C=O) groups excluding carboxylic acids is 2. The first-order valence-electron chi connectivity index (χ1n) is 12.3. The lowest BCUT2D eigenvalue weighted by atomic mass is 9.90. The van der Waals surface area contributed by atoms with Crippen molar-refractivity contribution in [1.29, 1.82) is 0 Å². The molecule has 39 heavy (non-hydrogen) atoms. The van der Waals surface area contributed by atoms with Crippen molar-refractivity contribution in [1.82, 2.24) is 4.90 Å². The number of hydrogen-bond acceptors (Lipinski definition) is 7. The first kappa shape index (κ1) is 31.5. The van der Waals surface area contributed by atoms with Gasteiger partial charge in [0.25, 0.3) is 5.91 Å². The minimum absolute atomic E-state index is 0.335. The standard InChI is InChI=1S/C27H33Cl2NO7S2/c1-17(15-39(35,36)27(2,3)4)30-24(18-9-11-20(28)12-10-18)25(19-7-6-8-21(29)13-19)37-23(26(30)32)14-22(31)16-38(5,33)34/h6-13,17,23-25H,14-16H2,1-5H3/t17-,23+,24+,25+/m0/s1. The second-order valence-electron chi connectivity index (χ2n) is 10.9. The number of amides is 1. The molecule has 0 aliphatic carbocycles. The molecule has 1 aliphatic heterocycles. The summed E-state index contributed by atoms with van der Waals surface area (Å²) in [5.41, 5.74) is 1.24. The summed E-state index contributed by atoms with van der Waals surface area (Å²) in [6.07, 6.45) is -1.72. The van der Waals surface area contributed by atoms with Gasteiger partial charge in [-0.25, -0.2) is 16.8 Å². The van der Waals surface area contributed by atoms with Gasteiger partial charge in [-0.1, -0.05) is 47.5 Å². The number of sulfone groups is 2. The van der Waals surface area contributed by atoms with Crippen LogP contribution in [0.15, 0.2) is 48.5 Å². The summed E-state index contributed by atoms with van der Waals surface area (Å²) in [6, 6.07) is 12.0. The van der Waals surface area contributed by atoms with Crippen LogP contribution in [0.5, 0.6) is 0 Å². The normalized spacial score (nSPS) is 21.6. The van der Waals surface area contributed by atoms with E-state index in [9.17, 15) is 26.4 Å². The van der Waals surface area contributed by atoms with Crippen molar-refractivity contribution in [2.45, 2.75) is 63.2 Å². The molecule has 0 bridgehead atoms. The van der Waals surface area contributed by atoms with E-state index in [4.69, 9.17) is 27.9 Å². The van der Waals surface area contributed by atoms with Gasteiger partial charge >= 0.3 is 0 Å². The molecule has 1 amide bonds. The fourth-order valence-electron chi connectivity index (χ4n) is 4.53. The van der Waals surface area contributed by atoms with Gasteiger partial charge in [-0.2, -0.15) is 0 Å². The Morgan fingerprint density at radius 1 is 1.00 bits per heavy atom. The van der Waals surface area contributed by atoms with Gasteiger partial charge in [0.05, 0.1) is 16.5 Å². The second-order valence-corrected chi connectivity index (χ2v) is 16.7. The number of hydrogen-bond donors (Lipinski definition) is 0. The van der Waals surface area contributed by atoms with Crippen molar-refractivity contribution in [2.24, 2.45) is 0 Å². The van der Waals surface area contributed by atoms with Gasteiger partial charge in [-0.3, -0.25) is 9.59 Å². The summed E-state index contributed by atoms with van der Waals surface area (Å²) < 4.78 is 55.0. The molecule has 4 atom stereocenters. The summed E-state index contributed by atoms with van der Waals surface area (Å²) in [5.74, 6) is -2.36. The van der Waals surface area contributed by atoms with E-state index in [2.05, 4.69) is 0 Å². The number of benzene rings is 2. The minimum atomic E-state index is -3.66. The number of ketones is 1. The number of ether oxygens (including phenoxy) is 1. The zero-order valence-corrected chi connectivity index (χ0v) is 25.6. The van der Waals surface area contributed by atoms with E-state index in [1.807, 2.05) is 0 Å². The highest BCUT2D eigenvalue weighted by atomic mass is 35.5. The molecule has 3 rings (SSSR count). The molecule has 1 saturated heterocycles. The summed E-state index contributed by atoms with van der Waals surface area (Å²) in [7, 11) is -7.29. The van der Waals surface area contributed by atoms with Gasteiger partial charge in [0, 0.05) is 28.8 Å². The summed E-state index contributed by atoms with van der Waals surface area (Å²) in [4.78, 5) is 28.0. The highest BCUT2D eigenvalue weighted by Crippen LogP contribution is 2.44. The molecule has 1 fully saturated rings. The number of morpholine rings is 1. The zero-order chi connectivity index (χ0) is 29.3. The maximum Gasteiger partial charge on any atom is 0.253 e. The number of halogens is 2. The third-order valence-electron chi connectivity index (χ3n) is 6.52. The van der Waals surface area contributed by atoms with Crippen LogP contribution in [0.4, 0.5) is 0 Å². The molecule has 0 N–H and O–H groups in total. The lowest BCUT2D eigenvalue weighted by Gasteiger charge is -2.47. The van der Waals surface area contributed by atoms with Gasteiger partial charge in [-0.15, -0.1) is 0 Å². The Balaban J connectivity index is 2.16. The predicted octanol–water partition coefficient (Wildman–Crippen LogP) is 4.61. The van der Waals surface area contributed by atoms with Crippen LogP contribution in [0.1, 0.15) is 57.4 Å². The van der Waals surface area contributed by atoms with Crippen LogP contribution in [-0.4, -0.2) is 68.1 Å². The maximum atomic E-state index is 14.0. The van der Waals surface area contributed by atoms with Gasteiger partial charge in [0.15, 0.2) is 25.5 Å². The molecule has 0 aromatic heterocycles. The average molecular weight is 619 g/mol. The second kappa shape index (κ2) is 11.9. The molecular weight excluding hydrogens is 585 g/mol. The average Bonchev–Trinajstić information content (AvgIpc) is 2.78. The van der Waals surface area contributed by atoms with Crippen molar-refractivity contribution in [3.63, 3.8) is 0 Å². The smallest absolute Gasteiger partial charge is 0.253 e. The van der Waals surface area contributed by atoms with Crippen molar-refractivity contribution in [3.8, 4) is 0 Å². The molecule has 0 saturated carbocycles. The Hall–Kier alpha value is -1.98. The number of carbonyl (C=O) groups is 2. The molecule has 1 aliphatic rings. The lowest BCUT2D eigenvalue weighted by molar-refractivity contribution is -0.179. The quantitative estimate of drug-likeness (QED) is 0.403. The molecule has 0 spiro atoms. The Kier molecular flexibility index (Phi) is 9.60. The number of nitrogens with zero attached hydrogens (tertiary/aromatic N) is 1. The molecular formula is C27H33Cl2NO7S2. The Morgan fingerprint density at radius 2 is 1.62 bits per heavy atom. The third-order valence-corrected chi connectivity index (χ3v) is 10.6.